The number of phosphoric acid groups is 1. The molecule has 0 aliphatic rings. The van der Waals surface area contributed by atoms with Crippen molar-refractivity contribution in [2.45, 2.75) is 77.4 Å². The Labute approximate surface area is 236 Å². The van der Waals surface area contributed by atoms with Gasteiger partial charge in [0.2, 0.25) is 5.91 Å². The number of aliphatic hydroxyl groups excluding tert-OH is 1. The average molecular weight is 586 g/mol. The van der Waals surface area contributed by atoms with E-state index in [-0.39, 0.29) is 6.42 Å². The van der Waals surface area contributed by atoms with E-state index in [1.807, 2.05) is 17.5 Å². The molecule has 0 spiro atoms. The molecule has 0 fully saturated rings. The molecular formula is C28H44NO10P. The summed E-state index contributed by atoms with van der Waals surface area (Å²) in [6.45, 7) is 1.22. The summed E-state index contributed by atoms with van der Waals surface area (Å²) in [5.74, 6) is -2.67. The molecule has 0 heterocycles. The van der Waals surface area contributed by atoms with Crippen LogP contribution in [0.15, 0.2) is 60.8 Å². The molecule has 0 saturated heterocycles. The summed E-state index contributed by atoms with van der Waals surface area (Å²) in [4.78, 5) is 43.3. The van der Waals surface area contributed by atoms with Crippen molar-refractivity contribution in [3.63, 3.8) is 0 Å². The number of ether oxygens (including phenoxy) is 1. The topological polar surface area (TPSA) is 169 Å². The number of esters is 1. The first-order valence-electron chi connectivity index (χ1n) is 13.3. The fraction of sp³-hybridized carbons (Fsp3) is 0.536. The molecule has 0 radical (unpaired) electrons. The van der Waals surface area contributed by atoms with Crippen LogP contribution in [-0.4, -0.2) is 64.9 Å². The van der Waals surface area contributed by atoms with Crippen LogP contribution in [0.25, 0.3) is 0 Å². The molecule has 0 aromatic heterocycles. The number of amides is 1. The number of nitrogens with one attached hydrogen (secondary N) is 1. The number of carboxylic acids is 1. The minimum atomic E-state index is -4.71. The standard InChI is InChI=1S/C28H44NO10P/c1-3-4-5-6-7-8-9-10-11-12-13-14-15-16-17-18-19-20-27(32)37-21-25(31)22-38-40(35,36)39-23-26(28(33)34)29-24(2)30/h4-5,7-8,10-11,13-14,16-17,25-26,31H,3,6,9,12,15,18-23H2,1-2H3,(H,29,30)(H,33,34)(H,35,36)/b5-4-,8-7-,11-10-,14-13-,17-16-. The smallest absolute Gasteiger partial charge is 0.472 e. The lowest BCUT2D eigenvalue weighted by Crippen LogP contribution is -2.42. The van der Waals surface area contributed by atoms with Crippen LogP contribution in [0.1, 0.15) is 65.2 Å². The van der Waals surface area contributed by atoms with Gasteiger partial charge >= 0.3 is 19.8 Å². The highest BCUT2D eigenvalue weighted by Gasteiger charge is 2.28. The van der Waals surface area contributed by atoms with E-state index in [9.17, 15) is 28.9 Å². The van der Waals surface area contributed by atoms with Gasteiger partial charge in [-0.15, -0.1) is 0 Å². The number of carbonyl (C=O) groups is 3. The van der Waals surface area contributed by atoms with E-state index in [4.69, 9.17) is 9.84 Å². The van der Waals surface area contributed by atoms with Gasteiger partial charge in [0.25, 0.3) is 0 Å². The third kappa shape index (κ3) is 24.2. The number of carbonyl (C=O) groups excluding carboxylic acids is 2. The summed E-state index contributed by atoms with van der Waals surface area (Å²) in [6, 6.07) is -1.55. The van der Waals surface area contributed by atoms with Gasteiger partial charge in [-0.2, -0.15) is 0 Å². The van der Waals surface area contributed by atoms with Gasteiger partial charge in [-0.1, -0.05) is 67.7 Å². The van der Waals surface area contributed by atoms with Crippen LogP contribution in [-0.2, 0) is 32.7 Å². The lowest BCUT2D eigenvalue weighted by atomic mass is 10.2. The summed E-state index contributed by atoms with van der Waals surface area (Å²) < 4.78 is 25.8. The Kier molecular flexibility index (Phi) is 22.3. The van der Waals surface area contributed by atoms with E-state index in [2.05, 4.69) is 64.6 Å². The van der Waals surface area contributed by atoms with Gasteiger partial charge < -0.3 is 25.2 Å². The summed E-state index contributed by atoms with van der Waals surface area (Å²) in [5, 5.41) is 20.8. The molecule has 0 saturated carbocycles. The van der Waals surface area contributed by atoms with E-state index < -0.39 is 57.6 Å². The maximum Gasteiger partial charge on any atom is 0.472 e. The maximum absolute atomic E-state index is 11.8. The molecule has 1 amide bonds. The largest absolute Gasteiger partial charge is 0.480 e. The quantitative estimate of drug-likeness (QED) is 0.0578. The number of carboxylic acid groups (broad SMARTS) is 1. The summed E-state index contributed by atoms with van der Waals surface area (Å²) in [5.41, 5.74) is 0. The fourth-order valence-electron chi connectivity index (χ4n) is 2.85. The van der Waals surface area contributed by atoms with E-state index in [0.717, 1.165) is 39.0 Å². The van der Waals surface area contributed by atoms with Crippen LogP contribution < -0.4 is 5.32 Å². The van der Waals surface area contributed by atoms with Crippen LogP contribution in [0.4, 0.5) is 0 Å². The zero-order chi connectivity index (χ0) is 30.1. The third-order valence-electron chi connectivity index (χ3n) is 4.86. The molecule has 0 bridgehead atoms. The number of phosphoric ester groups is 1. The van der Waals surface area contributed by atoms with Gasteiger partial charge in [-0.05, 0) is 44.9 Å². The number of hydrogen-bond acceptors (Lipinski definition) is 8. The lowest BCUT2D eigenvalue weighted by molar-refractivity contribution is -0.147. The molecule has 11 nitrogen and oxygen atoms in total. The van der Waals surface area contributed by atoms with Crippen LogP contribution in [0.3, 0.4) is 0 Å². The molecule has 0 aromatic rings. The Morgan fingerprint density at radius 2 is 1.32 bits per heavy atom. The van der Waals surface area contributed by atoms with Crippen molar-refractivity contribution in [3.8, 4) is 0 Å². The van der Waals surface area contributed by atoms with Crippen molar-refractivity contribution in [2.24, 2.45) is 0 Å². The Hall–Kier alpha value is -2.82. The summed E-state index contributed by atoms with van der Waals surface area (Å²) in [7, 11) is -4.71. The highest BCUT2D eigenvalue weighted by atomic mass is 31.2. The first-order valence-corrected chi connectivity index (χ1v) is 14.8. The molecule has 0 aliphatic carbocycles. The minimum absolute atomic E-state index is 0.142. The molecule has 4 N–H and O–H groups in total. The van der Waals surface area contributed by atoms with Crippen molar-refractivity contribution >= 4 is 25.7 Å². The second kappa shape index (κ2) is 24.0. The zero-order valence-corrected chi connectivity index (χ0v) is 24.2. The molecular weight excluding hydrogens is 541 g/mol. The second-order valence-corrected chi connectivity index (χ2v) is 10.0. The molecule has 0 aliphatic heterocycles. The Morgan fingerprint density at radius 1 is 0.825 bits per heavy atom. The molecule has 3 unspecified atom stereocenters. The first-order chi connectivity index (χ1) is 19.1. The number of allylic oxidation sites excluding steroid dienone is 10. The van der Waals surface area contributed by atoms with E-state index in [1.165, 1.54) is 0 Å². The van der Waals surface area contributed by atoms with Crippen molar-refractivity contribution < 1.29 is 47.8 Å². The van der Waals surface area contributed by atoms with Gasteiger partial charge in [0.05, 0.1) is 13.2 Å². The van der Waals surface area contributed by atoms with Crippen LogP contribution in [0.2, 0.25) is 0 Å². The number of aliphatic carboxylic acids is 1. The van der Waals surface area contributed by atoms with Crippen molar-refractivity contribution in [3.05, 3.63) is 60.8 Å². The van der Waals surface area contributed by atoms with Crippen LogP contribution >= 0.6 is 7.82 Å². The Morgan fingerprint density at radius 3 is 1.82 bits per heavy atom. The molecule has 3 atom stereocenters. The van der Waals surface area contributed by atoms with Gasteiger partial charge in [-0.3, -0.25) is 18.6 Å². The molecule has 12 heteroatoms. The Bertz CT molecular complexity index is 926. The SMILES string of the molecule is CC/C=C\C/C=C\C/C=C\C/C=C\C/C=C\CCCC(=O)OCC(O)COP(=O)(O)OCC(NC(C)=O)C(=O)O. The van der Waals surface area contributed by atoms with Crippen LogP contribution in [0, 0.1) is 0 Å². The zero-order valence-electron chi connectivity index (χ0n) is 23.4. The molecule has 226 valence electrons. The maximum atomic E-state index is 11.8. The number of unbranched alkanes of at least 4 members (excludes halogenated alkanes) is 1. The van der Waals surface area contributed by atoms with E-state index in [0.29, 0.717) is 12.8 Å². The van der Waals surface area contributed by atoms with Crippen molar-refractivity contribution in [1.29, 1.82) is 0 Å². The number of hydrogen-bond donors (Lipinski definition) is 4. The van der Waals surface area contributed by atoms with Crippen LogP contribution in [0.5, 0.6) is 0 Å². The number of aliphatic hydroxyl groups is 1. The summed E-state index contributed by atoms with van der Waals surface area (Å²) in [6.07, 6.45) is 25.7. The van der Waals surface area contributed by atoms with Crippen molar-refractivity contribution in [2.75, 3.05) is 19.8 Å². The fourth-order valence-corrected chi connectivity index (χ4v) is 3.62. The van der Waals surface area contributed by atoms with Gasteiger partial charge in [0.1, 0.15) is 12.7 Å². The molecule has 0 aromatic carbocycles. The highest BCUT2D eigenvalue weighted by Crippen LogP contribution is 2.43. The summed E-state index contributed by atoms with van der Waals surface area (Å²) >= 11 is 0. The van der Waals surface area contributed by atoms with E-state index in [1.54, 1.807) is 0 Å². The molecule has 40 heavy (non-hydrogen) atoms. The Balaban J connectivity index is 3.93. The second-order valence-electron chi connectivity index (χ2n) is 8.59. The predicted octanol–water partition coefficient (Wildman–Crippen LogP) is 4.54. The van der Waals surface area contributed by atoms with Gasteiger partial charge in [0.15, 0.2) is 6.04 Å². The predicted molar refractivity (Wildman–Crippen MR) is 152 cm³/mol. The molecule has 0 rings (SSSR count). The van der Waals surface area contributed by atoms with Gasteiger partial charge in [-0.25, -0.2) is 9.36 Å². The van der Waals surface area contributed by atoms with E-state index >= 15 is 0 Å². The average Bonchev–Trinajstić information content (AvgIpc) is 2.90. The first kappa shape index (κ1) is 37.2. The minimum Gasteiger partial charge on any atom is -0.480 e. The normalized spacial score (nSPS) is 15.3. The number of rotatable bonds is 23. The van der Waals surface area contributed by atoms with Crippen molar-refractivity contribution in [1.82, 2.24) is 5.32 Å². The third-order valence-corrected chi connectivity index (χ3v) is 5.81. The highest BCUT2D eigenvalue weighted by molar-refractivity contribution is 7.47. The van der Waals surface area contributed by atoms with Gasteiger partial charge in [0, 0.05) is 13.3 Å². The monoisotopic (exact) mass is 585 g/mol. The lowest BCUT2D eigenvalue weighted by Gasteiger charge is -2.18.